The molecule has 2 aromatic carbocycles. The van der Waals surface area contributed by atoms with Gasteiger partial charge in [-0.2, -0.15) is 0 Å². The normalized spacial score (nSPS) is 15.1. The molecule has 0 fully saturated rings. The quantitative estimate of drug-likeness (QED) is 0.420. The number of esters is 1. The van der Waals surface area contributed by atoms with Crippen LogP contribution in [0.4, 0.5) is 0 Å². The van der Waals surface area contributed by atoms with Crippen LogP contribution in [-0.2, 0) is 26.0 Å². The molecule has 0 saturated carbocycles. The molecule has 4 rings (SSSR count). The zero-order chi connectivity index (χ0) is 23.9. The fourth-order valence-electron chi connectivity index (χ4n) is 3.88. The van der Waals surface area contributed by atoms with Crippen molar-refractivity contribution in [2.75, 3.05) is 6.61 Å². The van der Waals surface area contributed by atoms with E-state index >= 15 is 0 Å². The molecule has 0 radical (unpaired) electrons. The molecule has 8 nitrogen and oxygen atoms in total. The van der Waals surface area contributed by atoms with Gasteiger partial charge in [-0.1, -0.05) is 11.6 Å². The number of ether oxygens (including phenoxy) is 2. The highest BCUT2D eigenvalue weighted by Gasteiger charge is 2.31. The van der Waals surface area contributed by atoms with Crippen LogP contribution in [0.3, 0.4) is 0 Å². The number of hydrogen-bond donors (Lipinski definition) is 1. The Morgan fingerprint density at radius 3 is 2.52 bits per heavy atom. The van der Waals surface area contributed by atoms with Crippen LogP contribution in [0.2, 0.25) is 5.02 Å². The van der Waals surface area contributed by atoms with Crippen molar-refractivity contribution in [1.29, 1.82) is 0 Å². The Labute approximate surface area is 195 Å². The number of carbonyl (C=O) groups is 2. The average molecular weight is 489 g/mol. The maximum atomic E-state index is 12.8. The summed E-state index contributed by atoms with van der Waals surface area (Å²) in [5, 5.41) is 5.70. The van der Waals surface area contributed by atoms with E-state index < -0.39 is 28.7 Å². The summed E-state index contributed by atoms with van der Waals surface area (Å²) in [6.45, 7) is 3.15. The molecule has 0 spiro atoms. The van der Waals surface area contributed by atoms with Crippen LogP contribution in [-0.4, -0.2) is 37.4 Å². The summed E-state index contributed by atoms with van der Waals surface area (Å²) >= 11 is 5.97. The molecule has 0 amide bonds. The number of sulfonamides is 1. The summed E-state index contributed by atoms with van der Waals surface area (Å²) in [4.78, 5) is 25.2. The largest absolute Gasteiger partial charge is 0.478 e. The molecule has 2 heterocycles. The van der Waals surface area contributed by atoms with Gasteiger partial charge in [-0.15, -0.1) is 0 Å². The molecular weight excluding hydrogens is 468 g/mol. The van der Waals surface area contributed by atoms with E-state index in [4.69, 9.17) is 26.2 Å². The smallest absolute Gasteiger partial charge is 0.348 e. The molecule has 1 aliphatic rings. The topological polar surface area (TPSA) is 118 Å². The summed E-state index contributed by atoms with van der Waals surface area (Å²) in [5.41, 5.74) is 3.28. The van der Waals surface area contributed by atoms with Crippen molar-refractivity contribution in [3.63, 3.8) is 0 Å². The van der Waals surface area contributed by atoms with E-state index in [1.807, 2.05) is 11.5 Å². The van der Waals surface area contributed by atoms with Gasteiger partial charge in [0.2, 0.25) is 15.8 Å². The van der Waals surface area contributed by atoms with E-state index in [2.05, 4.69) is 0 Å². The maximum Gasteiger partial charge on any atom is 0.348 e. The molecular formula is C23H21ClN2O6S. The van der Waals surface area contributed by atoms with Crippen LogP contribution >= 0.6 is 11.6 Å². The summed E-state index contributed by atoms with van der Waals surface area (Å²) < 4.78 is 35.6. The van der Waals surface area contributed by atoms with Gasteiger partial charge in [0, 0.05) is 34.1 Å². The molecule has 1 unspecified atom stereocenters. The minimum absolute atomic E-state index is 0.00419. The first-order valence-electron chi connectivity index (χ1n) is 10.0. The fraction of sp³-hybridized carbons (Fsp3) is 0.217. The third-order valence-electron chi connectivity index (χ3n) is 5.46. The van der Waals surface area contributed by atoms with Gasteiger partial charge in [0.05, 0.1) is 4.90 Å². The van der Waals surface area contributed by atoms with Crippen molar-refractivity contribution >= 4 is 33.4 Å². The maximum absolute atomic E-state index is 12.8. The molecule has 0 bridgehead atoms. The van der Waals surface area contributed by atoms with E-state index in [-0.39, 0.29) is 10.7 Å². The zero-order valence-electron chi connectivity index (χ0n) is 17.9. The Morgan fingerprint density at radius 2 is 1.85 bits per heavy atom. The van der Waals surface area contributed by atoms with E-state index in [9.17, 15) is 18.0 Å². The highest BCUT2D eigenvalue weighted by Crippen LogP contribution is 2.31. The number of Topliss-reactive ketones (excluding diaryl/α,β-unsaturated/α-hetero) is 1. The average Bonchev–Trinajstić information content (AvgIpc) is 3.31. The van der Waals surface area contributed by atoms with Crippen LogP contribution in [0.5, 0.6) is 5.75 Å². The van der Waals surface area contributed by atoms with Crippen LogP contribution in [0.15, 0.2) is 53.4 Å². The molecule has 10 heteroatoms. The lowest BCUT2D eigenvalue weighted by Gasteiger charge is -2.11. The minimum atomic E-state index is -3.80. The third kappa shape index (κ3) is 4.66. The number of fused-ring (bicyclic) bond motifs is 1. The second-order valence-corrected chi connectivity index (χ2v) is 9.75. The van der Waals surface area contributed by atoms with Crippen molar-refractivity contribution in [2.24, 2.45) is 5.14 Å². The molecule has 1 aliphatic heterocycles. The number of carbonyl (C=O) groups excluding carboxylic acids is 2. The van der Waals surface area contributed by atoms with Crippen molar-refractivity contribution < 1.29 is 27.5 Å². The van der Waals surface area contributed by atoms with Gasteiger partial charge in [0.15, 0.2) is 12.7 Å². The van der Waals surface area contributed by atoms with Crippen molar-refractivity contribution in [3.05, 3.63) is 76.1 Å². The van der Waals surface area contributed by atoms with Gasteiger partial charge < -0.3 is 14.0 Å². The van der Waals surface area contributed by atoms with E-state index in [1.54, 1.807) is 43.3 Å². The summed E-state index contributed by atoms with van der Waals surface area (Å²) in [7, 11) is -3.80. The van der Waals surface area contributed by atoms with Crippen molar-refractivity contribution in [2.45, 2.75) is 31.3 Å². The lowest BCUT2D eigenvalue weighted by molar-refractivity contribution is -0.149. The van der Waals surface area contributed by atoms with Crippen LogP contribution in [0.1, 0.15) is 27.3 Å². The predicted octanol–water partition coefficient (Wildman–Crippen LogP) is 3.12. The predicted molar refractivity (Wildman–Crippen MR) is 121 cm³/mol. The fourth-order valence-corrected chi connectivity index (χ4v) is 4.59. The number of nitrogens with two attached hydrogens (primary N) is 1. The number of aromatic nitrogens is 1. The van der Waals surface area contributed by atoms with Gasteiger partial charge in [0.1, 0.15) is 5.75 Å². The van der Waals surface area contributed by atoms with E-state index in [0.29, 0.717) is 34.1 Å². The van der Waals surface area contributed by atoms with Crippen molar-refractivity contribution in [1.82, 2.24) is 4.57 Å². The number of rotatable bonds is 6. The Hall–Kier alpha value is -3.14. The summed E-state index contributed by atoms with van der Waals surface area (Å²) in [6, 6.07) is 12.8. The van der Waals surface area contributed by atoms with Crippen LogP contribution < -0.4 is 9.88 Å². The molecule has 3 aromatic rings. The number of aryl methyl sites for hydroxylation is 1. The Balaban J connectivity index is 1.45. The minimum Gasteiger partial charge on any atom is -0.478 e. The highest BCUT2D eigenvalue weighted by atomic mass is 35.5. The zero-order valence-corrected chi connectivity index (χ0v) is 19.4. The standard InChI is InChI=1S/C23H21ClN2O6S/c1-13-9-19(14(2)26(13)17-4-6-18(7-5-17)33(25,29)30)20(27)12-31-23(28)22-11-15-10-16(24)3-8-21(15)32-22/h3-10,22H,11-12H2,1-2H3,(H2,25,29,30). The Bertz CT molecular complexity index is 1360. The molecule has 1 atom stereocenters. The van der Waals surface area contributed by atoms with Crippen LogP contribution in [0.25, 0.3) is 5.69 Å². The van der Waals surface area contributed by atoms with Gasteiger partial charge in [-0.05, 0) is 67.9 Å². The monoisotopic (exact) mass is 488 g/mol. The number of halogens is 1. The lowest BCUT2D eigenvalue weighted by Crippen LogP contribution is -2.29. The van der Waals surface area contributed by atoms with Gasteiger partial charge in [-0.3, -0.25) is 4.79 Å². The number of nitrogens with zero attached hydrogens (tertiary/aromatic N) is 1. The Kier molecular flexibility index (Phi) is 6.04. The number of ketones is 1. The molecule has 1 aromatic heterocycles. The summed E-state index contributed by atoms with van der Waals surface area (Å²) in [5.74, 6) is -0.407. The second-order valence-electron chi connectivity index (χ2n) is 7.75. The van der Waals surface area contributed by atoms with Gasteiger partial charge >= 0.3 is 5.97 Å². The second kappa shape index (κ2) is 8.66. The SMILES string of the molecule is Cc1cc(C(=O)COC(=O)C2Cc3cc(Cl)ccc3O2)c(C)n1-c1ccc(S(N)(=O)=O)cc1. The first-order valence-corrected chi connectivity index (χ1v) is 11.9. The van der Waals surface area contributed by atoms with Gasteiger partial charge in [-0.25, -0.2) is 18.4 Å². The molecule has 2 N–H and O–H groups in total. The highest BCUT2D eigenvalue weighted by molar-refractivity contribution is 7.89. The first kappa shape index (κ1) is 23.0. The molecule has 33 heavy (non-hydrogen) atoms. The van der Waals surface area contributed by atoms with E-state index in [1.165, 1.54) is 12.1 Å². The number of primary sulfonamides is 1. The Morgan fingerprint density at radius 1 is 1.15 bits per heavy atom. The molecule has 0 aliphatic carbocycles. The summed E-state index contributed by atoms with van der Waals surface area (Å²) in [6.07, 6.45) is -0.498. The molecule has 0 saturated heterocycles. The third-order valence-corrected chi connectivity index (χ3v) is 6.62. The number of benzene rings is 2. The van der Waals surface area contributed by atoms with Crippen molar-refractivity contribution in [3.8, 4) is 11.4 Å². The van der Waals surface area contributed by atoms with Gasteiger partial charge in [0.25, 0.3) is 0 Å². The van der Waals surface area contributed by atoms with E-state index in [0.717, 1.165) is 11.3 Å². The number of hydrogen-bond acceptors (Lipinski definition) is 6. The first-order chi connectivity index (χ1) is 15.5. The lowest BCUT2D eigenvalue weighted by atomic mass is 10.1. The molecule has 172 valence electrons. The van der Waals surface area contributed by atoms with Crippen LogP contribution in [0, 0.1) is 13.8 Å².